The van der Waals surface area contributed by atoms with Gasteiger partial charge in [-0.15, -0.1) is 11.3 Å². The van der Waals surface area contributed by atoms with Crippen molar-refractivity contribution < 1.29 is 32.6 Å². The number of carbonyl (C=O) groups is 2. The van der Waals surface area contributed by atoms with E-state index in [1.165, 1.54) is 20.3 Å². The number of esters is 1. The van der Waals surface area contributed by atoms with Gasteiger partial charge < -0.3 is 14.6 Å². The van der Waals surface area contributed by atoms with Crippen LogP contribution in [-0.2, 0) is 19.6 Å². The van der Waals surface area contributed by atoms with Gasteiger partial charge >= 0.3 is 11.9 Å². The van der Waals surface area contributed by atoms with Crippen LogP contribution in [0.2, 0.25) is 0 Å². The molecule has 1 heterocycles. The fourth-order valence-corrected chi connectivity index (χ4v) is 3.82. The Kier molecular flexibility index (Phi) is 5.48. The SMILES string of the molecule is COC(=O)c1cc(OC)c(S(=O)(=O)NCCC(=O)O)s1. The maximum atomic E-state index is 12.0. The molecule has 0 aromatic carbocycles. The van der Waals surface area contributed by atoms with Crippen molar-refractivity contribution in [3.8, 4) is 5.75 Å². The van der Waals surface area contributed by atoms with E-state index < -0.39 is 22.0 Å². The molecule has 2 N–H and O–H groups in total. The van der Waals surface area contributed by atoms with Crippen LogP contribution in [0.15, 0.2) is 10.3 Å². The standard InChI is InChI=1S/C10H13NO7S2/c1-17-6-5-7(9(14)18-2)19-10(6)20(15,16)11-4-3-8(12)13/h5,11H,3-4H2,1-2H3,(H,12,13). The van der Waals surface area contributed by atoms with Gasteiger partial charge in [-0.2, -0.15) is 0 Å². The van der Waals surface area contributed by atoms with E-state index in [-0.39, 0.29) is 27.8 Å². The van der Waals surface area contributed by atoms with E-state index in [4.69, 9.17) is 9.84 Å². The molecule has 0 saturated carbocycles. The number of ether oxygens (including phenoxy) is 2. The van der Waals surface area contributed by atoms with E-state index in [1.807, 2.05) is 0 Å². The van der Waals surface area contributed by atoms with Crippen LogP contribution in [0.3, 0.4) is 0 Å². The molecule has 0 bridgehead atoms. The minimum absolute atomic E-state index is 0.00164. The van der Waals surface area contributed by atoms with Gasteiger partial charge in [0.05, 0.1) is 20.6 Å². The second kappa shape index (κ2) is 6.68. The number of rotatable bonds is 7. The van der Waals surface area contributed by atoms with Gasteiger partial charge in [-0.05, 0) is 0 Å². The van der Waals surface area contributed by atoms with Crippen LogP contribution >= 0.6 is 11.3 Å². The Morgan fingerprint density at radius 2 is 2.05 bits per heavy atom. The number of carbonyl (C=O) groups excluding carboxylic acids is 1. The lowest BCUT2D eigenvalue weighted by Gasteiger charge is -2.05. The number of aliphatic carboxylic acids is 1. The van der Waals surface area contributed by atoms with E-state index >= 15 is 0 Å². The lowest BCUT2D eigenvalue weighted by molar-refractivity contribution is -0.136. The molecule has 1 aromatic heterocycles. The summed E-state index contributed by atoms with van der Waals surface area (Å²) in [4.78, 5) is 21.8. The number of nitrogens with one attached hydrogen (secondary N) is 1. The summed E-state index contributed by atoms with van der Waals surface area (Å²) >= 11 is 0.685. The van der Waals surface area contributed by atoms with Crippen LogP contribution in [0.25, 0.3) is 0 Å². The van der Waals surface area contributed by atoms with Crippen LogP contribution in [0.5, 0.6) is 5.75 Å². The summed E-state index contributed by atoms with van der Waals surface area (Å²) < 4.78 is 35.3. The molecule has 0 spiro atoms. The fourth-order valence-electron chi connectivity index (χ4n) is 1.25. The van der Waals surface area contributed by atoms with Crippen LogP contribution in [0.4, 0.5) is 0 Å². The van der Waals surface area contributed by atoms with Crippen LogP contribution in [0.1, 0.15) is 16.1 Å². The van der Waals surface area contributed by atoms with E-state index in [9.17, 15) is 18.0 Å². The first-order valence-corrected chi connectivity index (χ1v) is 7.59. The largest absolute Gasteiger partial charge is 0.494 e. The summed E-state index contributed by atoms with van der Waals surface area (Å²) in [5.74, 6) is -1.81. The molecule has 0 saturated heterocycles. The number of thiophene rings is 1. The van der Waals surface area contributed by atoms with E-state index in [2.05, 4.69) is 9.46 Å². The van der Waals surface area contributed by atoms with Crippen molar-refractivity contribution >= 4 is 33.3 Å². The Hall–Kier alpha value is -1.65. The Morgan fingerprint density at radius 1 is 1.40 bits per heavy atom. The van der Waals surface area contributed by atoms with Gasteiger partial charge in [0.25, 0.3) is 10.0 Å². The first kappa shape index (κ1) is 16.4. The summed E-state index contributed by atoms with van der Waals surface area (Å²) in [6.45, 7) is -0.258. The molecule has 0 radical (unpaired) electrons. The quantitative estimate of drug-likeness (QED) is 0.692. The van der Waals surface area contributed by atoms with Gasteiger partial charge in [0.15, 0.2) is 9.96 Å². The molecule has 1 aromatic rings. The second-order valence-electron chi connectivity index (χ2n) is 3.50. The zero-order valence-corrected chi connectivity index (χ0v) is 12.3. The van der Waals surface area contributed by atoms with Gasteiger partial charge in [0.1, 0.15) is 4.88 Å². The number of hydrogen-bond donors (Lipinski definition) is 2. The highest BCUT2D eigenvalue weighted by Crippen LogP contribution is 2.33. The third-order valence-electron chi connectivity index (χ3n) is 2.15. The monoisotopic (exact) mass is 323 g/mol. The topological polar surface area (TPSA) is 119 Å². The molecule has 1 rings (SSSR count). The molecule has 0 unspecified atom stereocenters. The summed E-state index contributed by atoms with van der Waals surface area (Å²) in [7, 11) is -1.51. The lowest BCUT2D eigenvalue weighted by Crippen LogP contribution is -2.25. The smallest absolute Gasteiger partial charge is 0.348 e. The molecule has 0 atom stereocenters. The fraction of sp³-hybridized carbons (Fsp3) is 0.400. The number of carboxylic acid groups (broad SMARTS) is 1. The average molecular weight is 323 g/mol. The minimum atomic E-state index is -3.95. The van der Waals surface area contributed by atoms with Crippen LogP contribution in [-0.4, -0.2) is 46.2 Å². The van der Waals surface area contributed by atoms with E-state index in [0.29, 0.717) is 11.3 Å². The molecule has 8 nitrogen and oxygen atoms in total. The highest BCUT2D eigenvalue weighted by molar-refractivity contribution is 7.91. The first-order valence-electron chi connectivity index (χ1n) is 5.29. The molecule has 0 aliphatic rings. The average Bonchev–Trinajstić information content (AvgIpc) is 2.82. The van der Waals surface area contributed by atoms with Crippen molar-refractivity contribution in [2.75, 3.05) is 20.8 Å². The van der Waals surface area contributed by atoms with Crippen molar-refractivity contribution in [1.29, 1.82) is 0 Å². The molecular formula is C10H13NO7S2. The van der Waals surface area contributed by atoms with E-state index in [0.717, 1.165) is 0 Å². The molecule has 20 heavy (non-hydrogen) atoms. The zero-order valence-electron chi connectivity index (χ0n) is 10.7. The lowest BCUT2D eigenvalue weighted by atomic mass is 10.4. The van der Waals surface area contributed by atoms with Gasteiger partial charge in [0.2, 0.25) is 0 Å². The second-order valence-corrected chi connectivity index (χ2v) is 6.51. The highest BCUT2D eigenvalue weighted by atomic mass is 32.2. The number of hydrogen-bond acceptors (Lipinski definition) is 7. The summed E-state index contributed by atoms with van der Waals surface area (Å²) in [5, 5.41) is 8.47. The predicted molar refractivity (Wildman–Crippen MR) is 69.7 cm³/mol. The first-order chi connectivity index (χ1) is 9.31. The number of sulfonamides is 1. The minimum Gasteiger partial charge on any atom is -0.494 e. The summed E-state index contributed by atoms with van der Waals surface area (Å²) in [6.07, 6.45) is -0.350. The maximum Gasteiger partial charge on any atom is 0.348 e. The van der Waals surface area contributed by atoms with Crippen molar-refractivity contribution in [1.82, 2.24) is 4.72 Å². The molecular weight excluding hydrogens is 310 g/mol. The molecule has 0 aliphatic carbocycles. The maximum absolute atomic E-state index is 12.0. The zero-order chi connectivity index (χ0) is 15.3. The number of methoxy groups -OCH3 is 2. The normalized spacial score (nSPS) is 11.1. The Labute approximate surface area is 119 Å². The third-order valence-corrected chi connectivity index (χ3v) is 5.22. The van der Waals surface area contributed by atoms with Crippen LogP contribution in [0, 0.1) is 0 Å². The van der Waals surface area contributed by atoms with Crippen molar-refractivity contribution in [2.45, 2.75) is 10.6 Å². The summed E-state index contributed by atoms with van der Waals surface area (Å²) in [5.41, 5.74) is 0. The molecule has 10 heteroatoms. The predicted octanol–water partition coefficient (Wildman–Crippen LogP) is 0.296. The van der Waals surface area contributed by atoms with Gasteiger partial charge in [-0.3, -0.25) is 4.79 Å². The molecule has 0 amide bonds. The molecule has 0 aliphatic heterocycles. The highest BCUT2D eigenvalue weighted by Gasteiger charge is 2.25. The molecule has 112 valence electrons. The Balaban J connectivity index is 3.01. The third kappa shape index (κ3) is 3.92. The van der Waals surface area contributed by atoms with Gasteiger partial charge in [0, 0.05) is 12.6 Å². The molecule has 0 fully saturated rings. The van der Waals surface area contributed by atoms with Gasteiger partial charge in [-0.1, -0.05) is 0 Å². The van der Waals surface area contributed by atoms with Crippen molar-refractivity contribution in [3.63, 3.8) is 0 Å². The van der Waals surface area contributed by atoms with E-state index in [1.54, 1.807) is 0 Å². The van der Waals surface area contributed by atoms with Crippen LogP contribution < -0.4 is 9.46 Å². The van der Waals surface area contributed by atoms with Gasteiger partial charge in [-0.25, -0.2) is 17.9 Å². The number of carboxylic acids is 1. The van der Waals surface area contributed by atoms with Crippen molar-refractivity contribution in [3.05, 3.63) is 10.9 Å². The van der Waals surface area contributed by atoms with Crippen molar-refractivity contribution in [2.24, 2.45) is 0 Å². The summed E-state index contributed by atoms with van der Waals surface area (Å²) in [6, 6.07) is 1.25. The Morgan fingerprint density at radius 3 is 2.55 bits per heavy atom. The Bertz CT molecular complexity index is 605.